The number of hydrogen-bond acceptors (Lipinski definition) is 6. The van der Waals surface area contributed by atoms with Crippen LogP contribution in [-0.2, 0) is 4.79 Å². The molecule has 30 heavy (non-hydrogen) atoms. The van der Waals surface area contributed by atoms with Gasteiger partial charge >= 0.3 is 6.03 Å². The number of methoxy groups -OCH3 is 2. The van der Waals surface area contributed by atoms with Gasteiger partial charge in [0.2, 0.25) is 5.91 Å². The number of urea groups is 1. The molecule has 1 atom stereocenters. The number of piperazine rings is 1. The molecule has 0 aliphatic carbocycles. The third kappa shape index (κ3) is 5.31. The first-order valence-electron chi connectivity index (χ1n) is 10.3. The van der Waals surface area contributed by atoms with Crippen molar-refractivity contribution < 1.29 is 19.1 Å². The molecule has 0 bridgehead atoms. The number of amides is 3. The largest absolute Gasteiger partial charge is 0.493 e. The molecule has 2 aliphatic rings. The minimum Gasteiger partial charge on any atom is -0.493 e. The Labute approximate surface area is 182 Å². The quantitative estimate of drug-likeness (QED) is 0.705. The number of nitrogens with zero attached hydrogens (tertiary/aromatic N) is 3. The van der Waals surface area contributed by atoms with Crippen molar-refractivity contribution in [2.45, 2.75) is 25.3 Å². The van der Waals surface area contributed by atoms with Gasteiger partial charge < -0.3 is 24.6 Å². The molecule has 166 valence electrons. The molecule has 9 heteroatoms. The van der Waals surface area contributed by atoms with Crippen LogP contribution in [-0.4, -0.2) is 91.9 Å². The van der Waals surface area contributed by atoms with Crippen molar-refractivity contribution in [2.24, 2.45) is 0 Å². The third-order valence-electron chi connectivity index (χ3n) is 5.39. The average Bonchev–Trinajstić information content (AvgIpc) is 3.11. The number of carbonyl (C=O) groups excluding carboxylic acids is 2. The highest BCUT2D eigenvalue weighted by Crippen LogP contribution is 2.41. The van der Waals surface area contributed by atoms with Crippen LogP contribution in [0, 0.1) is 0 Å². The summed E-state index contributed by atoms with van der Waals surface area (Å²) >= 11 is 1.64. The number of carbonyl (C=O) groups is 2. The molecule has 3 rings (SSSR count). The summed E-state index contributed by atoms with van der Waals surface area (Å²) in [6.07, 6.45) is 0. The highest BCUT2D eigenvalue weighted by Gasteiger charge is 2.33. The topological polar surface area (TPSA) is 74.4 Å². The van der Waals surface area contributed by atoms with Crippen LogP contribution in [0.4, 0.5) is 4.79 Å². The highest BCUT2D eigenvalue weighted by molar-refractivity contribution is 8.00. The van der Waals surface area contributed by atoms with Gasteiger partial charge in [-0.1, -0.05) is 6.07 Å². The van der Waals surface area contributed by atoms with Gasteiger partial charge in [-0.2, -0.15) is 0 Å². The third-order valence-corrected chi connectivity index (χ3v) is 6.65. The Morgan fingerprint density at radius 2 is 1.83 bits per heavy atom. The minimum atomic E-state index is -0.0181. The fourth-order valence-electron chi connectivity index (χ4n) is 3.74. The predicted molar refractivity (Wildman–Crippen MR) is 118 cm³/mol. The van der Waals surface area contributed by atoms with E-state index in [0.29, 0.717) is 36.9 Å². The molecule has 1 aromatic rings. The molecular weight excluding hydrogens is 404 g/mol. The molecular formula is C21H32N4O4S. The molecule has 0 radical (unpaired) electrons. The average molecular weight is 437 g/mol. The summed E-state index contributed by atoms with van der Waals surface area (Å²) in [6.45, 7) is 8.46. The van der Waals surface area contributed by atoms with Crippen molar-refractivity contribution in [1.82, 2.24) is 20.0 Å². The maximum atomic E-state index is 12.5. The number of benzene rings is 1. The lowest BCUT2D eigenvalue weighted by Crippen LogP contribution is -2.53. The van der Waals surface area contributed by atoms with E-state index in [4.69, 9.17) is 9.47 Å². The Balaban J connectivity index is 1.56. The van der Waals surface area contributed by atoms with E-state index in [-0.39, 0.29) is 23.4 Å². The van der Waals surface area contributed by atoms with Crippen LogP contribution in [0.5, 0.6) is 11.5 Å². The van der Waals surface area contributed by atoms with Gasteiger partial charge in [-0.25, -0.2) is 4.79 Å². The van der Waals surface area contributed by atoms with Crippen LogP contribution in [0.15, 0.2) is 18.2 Å². The number of ether oxygens (including phenoxy) is 2. The standard InChI is InChI=1S/C21H32N4O4S/c1-15(2)22-21(27)24-10-7-23(8-11-24)9-12-25-19(26)14-30-20(25)16-5-6-17(28-3)18(13-16)29-4/h5-6,13,15,20H,7-12,14H2,1-4H3,(H,22,27)/t20-/m1/s1. The first-order chi connectivity index (χ1) is 14.4. The van der Waals surface area contributed by atoms with Gasteiger partial charge in [0, 0.05) is 45.3 Å². The second-order valence-electron chi connectivity index (χ2n) is 7.80. The second kappa shape index (κ2) is 10.3. The molecule has 2 fully saturated rings. The van der Waals surface area contributed by atoms with Gasteiger partial charge in [0.15, 0.2) is 11.5 Å². The van der Waals surface area contributed by atoms with E-state index in [9.17, 15) is 9.59 Å². The molecule has 1 N–H and O–H groups in total. The van der Waals surface area contributed by atoms with Crippen LogP contribution in [0.1, 0.15) is 24.8 Å². The smallest absolute Gasteiger partial charge is 0.317 e. The molecule has 0 spiro atoms. The Morgan fingerprint density at radius 1 is 1.13 bits per heavy atom. The molecule has 0 saturated carbocycles. The van der Waals surface area contributed by atoms with Crippen molar-refractivity contribution >= 4 is 23.7 Å². The molecule has 1 aromatic carbocycles. The van der Waals surface area contributed by atoms with Crippen molar-refractivity contribution in [3.63, 3.8) is 0 Å². The maximum absolute atomic E-state index is 12.5. The van der Waals surface area contributed by atoms with Gasteiger partial charge in [-0.05, 0) is 31.5 Å². The molecule has 2 saturated heterocycles. The lowest BCUT2D eigenvalue weighted by atomic mass is 10.1. The molecule has 8 nitrogen and oxygen atoms in total. The Bertz CT molecular complexity index is 753. The van der Waals surface area contributed by atoms with Gasteiger partial charge in [-0.15, -0.1) is 11.8 Å². The second-order valence-corrected chi connectivity index (χ2v) is 8.87. The molecule has 0 aromatic heterocycles. The van der Waals surface area contributed by atoms with Gasteiger partial charge in [-0.3, -0.25) is 9.69 Å². The van der Waals surface area contributed by atoms with Crippen LogP contribution in [0.2, 0.25) is 0 Å². The first kappa shape index (κ1) is 22.6. The van der Waals surface area contributed by atoms with Gasteiger partial charge in [0.25, 0.3) is 0 Å². The van der Waals surface area contributed by atoms with E-state index in [1.165, 1.54) is 0 Å². The molecule has 2 aliphatic heterocycles. The van der Waals surface area contributed by atoms with Crippen molar-refractivity contribution in [2.75, 3.05) is 59.2 Å². The summed E-state index contributed by atoms with van der Waals surface area (Å²) in [5.74, 6) is 2.00. The van der Waals surface area contributed by atoms with Crippen LogP contribution in [0.3, 0.4) is 0 Å². The predicted octanol–water partition coefficient (Wildman–Crippen LogP) is 2.01. The molecule has 2 heterocycles. The summed E-state index contributed by atoms with van der Waals surface area (Å²) < 4.78 is 10.7. The summed E-state index contributed by atoms with van der Waals surface area (Å²) in [7, 11) is 3.23. The first-order valence-corrected chi connectivity index (χ1v) is 11.4. The van der Waals surface area contributed by atoms with E-state index in [2.05, 4.69) is 10.2 Å². The van der Waals surface area contributed by atoms with Crippen LogP contribution in [0.25, 0.3) is 0 Å². The zero-order chi connectivity index (χ0) is 21.7. The summed E-state index contributed by atoms with van der Waals surface area (Å²) in [6, 6.07) is 5.98. The normalized spacial score (nSPS) is 20.0. The fourth-order valence-corrected chi connectivity index (χ4v) is 4.95. The summed E-state index contributed by atoms with van der Waals surface area (Å²) in [4.78, 5) is 30.8. The zero-order valence-electron chi connectivity index (χ0n) is 18.2. The van der Waals surface area contributed by atoms with E-state index in [0.717, 1.165) is 25.2 Å². The lowest BCUT2D eigenvalue weighted by Gasteiger charge is -2.36. The maximum Gasteiger partial charge on any atom is 0.317 e. The van der Waals surface area contributed by atoms with Crippen molar-refractivity contribution in [1.29, 1.82) is 0 Å². The van der Waals surface area contributed by atoms with Crippen molar-refractivity contribution in [3.8, 4) is 11.5 Å². The molecule has 3 amide bonds. The lowest BCUT2D eigenvalue weighted by molar-refractivity contribution is -0.128. The Kier molecular flexibility index (Phi) is 7.71. The van der Waals surface area contributed by atoms with Crippen molar-refractivity contribution in [3.05, 3.63) is 23.8 Å². The SMILES string of the molecule is COc1ccc([C@H]2SCC(=O)N2CCN2CCN(C(=O)NC(C)C)CC2)cc1OC. The Morgan fingerprint density at radius 3 is 2.47 bits per heavy atom. The summed E-state index contributed by atoms with van der Waals surface area (Å²) in [5, 5.41) is 2.93. The highest BCUT2D eigenvalue weighted by atomic mass is 32.2. The Hall–Kier alpha value is -2.13. The number of nitrogens with one attached hydrogen (secondary N) is 1. The fraction of sp³-hybridized carbons (Fsp3) is 0.619. The van der Waals surface area contributed by atoms with E-state index in [1.807, 2.05) is 41.8 Å². The van der Waals surface area contributed by atoms with Crippen LogP contribution >= 0.6 is 11.8 Å². The van der Waals surface area contributed by atoms with Gasteiger partial charge in [0.1, 0.15) is 5.37 Å². The zero-order valence-corrected chi connectivity index (χ0v) is 19.0. The number of thioether (sulfide) groups is 1. The number of rotatable bonds is 7. The summed E-state index contributed by atoms with van der Waals surface area (Å²) in [5.41, 5.74) is 1.04. The minimum absolute atomic E-state index is 0.00397. The van der Waals surface area contributed by atoms with E-state index >= 15 is 0 Å². The molecule has 0 unspecified atom stereocenters. The van der Waals surface area contributed by atoms with E-state index in [1.54, 1.807) is 26.0 Å². The van der Waals surface area contributed by atoms with Crippen LogP contribution < -0.4 is 14.8 Å². The van der Waals surface area contributed by atoms with E-state index < -0.39 is 0 Å². The number of hydrogen-bond donors (Lipinski definition) is 1. The monoisotopic (exact) mass is 436 g/mol. The van der Waals surface area contributed by atoms with Gasteiger partial charge in [0.05, 0.1) is 20.0 Å².